The molecule has 306 valence electrons. The van der Waals surface area contributed by atoms with E-state index in [0.717, 1.165) is 84.1 Å². The third-order valence-corrected chi connectivity index (χ3v) is 14.2. The van der Waals surface area contributed by atoms with Gasteiger partial charge in [-0.2, -0.15) is 0 Å². The molecule has 5 aliphatic rings. The maximum absolute atomic E-state index is 14.8. The lowest BCUT2D eigenvalue weighted by Gasteiger charge is -2.50. The highest BCUT2D eigenvalue weighted by molar-refractivity contribution is 6.10. The maximum Gasteiger partial charge on any atom is 0.203 e. The molecule has 0 saturated carbocycles. The first kappa shape index (κ1) is 37.8. The van der Waals surface area contributed by atoms with Crippen LogP contribution in [-0.4, -0.2) is 69.0 Å². The van der Waals surface area contributed by atoms with E-state index >= 15 is 0 Å². The molecule has 6 atom stereocenters. The van der Waals surface area contributed by atoms with Crippen LogP contribution in [0.1, 0.15) is 102 Å². The monoisotopic (exact) mass is 796 g/mol. The first-order chi connectivity index (χ1) is 28.2. The summed E-state index contributed by atoms with van der Waals surface area (Å²) in [5.41, 5.74) is 8.14. The second-order valence-corrected chi connectivity index (χ2v) is 17.6. The molecule has 0 unspecified atom stereocenters. The second kappa shape index (κ2) is 12.8. The van der Waals surface area contributed by atoms with Crippen molar-refractivity contribution in [1.29, 1.82) is 0 Å². The zero-order valence-electron chi connectivity index (χ0n) is 35.7. The number of nitrogens with one attached hydrogen (secondary N) is 1. The Morgan fingerprint density at radius 2 is 1.49 bits per heavy atom. The van der Waals surface area contributed by atoms with Gasteiger partial charge in [0.1, 0.15) is 40.2 Å². The molecule has 0 fully saturated rings. The number of methoxy groups -OCH3 is 4. The molecule has 10 rings (SSSR count). The van der Waals surface area contributed by atoms with Gasteiger partial charge in [-0.05, 0) is 113 Å². The van der Waals surface area contributed by atoms with Crippen molar-refractivity contribution in [2.45, 2.75) is 96.2 Å². The van der Waals surface area contributed by atoms with E-state index in [4.69, 9.17) is 28.4 Å². The molecule has 1 aliphatic carbocycles. The Bertz CT molecular complexity index is 2690. The number of carbonyl (C=O) groups excluding carboxylic acids is 1. The summed E-state index contributed by atoms with van der Waals surface area (Å²) in [6.07, 6.45) is 1.46. The fourth-order valence-electron chi connectivity index (χ4n) is 11.6. The molecule has 2 N–H and O–H groups in total. The number of hydrogen-bond donors (Lipinski definition) is 2. The summed E-state index contributed by atoms with van der Waals surface area (Å²) in [5, 5.41) is 17.6. The number of carbonyl (C=O) groups is 1. The molecular weight excluding hydrogens is 745 g/mol. The number of fused-ring (bicyclic) bond motifs is 8. The van der Waals surface area contributed by atoms with Gasteiger partial charge in [-0.15, -0.1) is 0 Å². The summed E-state index contributed by atoms with van der Waals surface area (Å²) in [5.74, 6) is 3.80. The van der Waals surface area contributed by atoms with E-state index in [9.17, 15) is 9.90 Å². The summed E-state index contributed by atoms with van der Waals surface area (Å²) in [6.45, 7) is 12.8. The lowest BCUT2D eigenvalue weighted by Crippen LogP contribution is -2.59. The normalized spacial score (nSPS) is 26.1. The molecule has 0 bridgehead atoms. The van der Waals surface area contributed by atoms with Crippen LogP contribution in [0.15, 0.2) is 42.5 Å². The van der Waals surface area contributed by atoms with E-state index in [1.54, 1.807) is 34.5 Å². The Hall–Kier alpha value is -5.45. The molecule has 10 nitrogen and oxygen atoms in total. The van der Waals surface area contributed by atoms with Crippen LogP contribution in [-0.2, 0) is 18.4 Å². The fourth-order valence-corrected chi connectivity index (χ4v) is 11.6. The Morgan fingerprint density at radius 1 is 0.797 bits per heavy atom. The lowest BCUT2D eigenvalue weighted by molar-refractivity contribution is -0.0642. The largest absolute Gasteiger partial charge is 0.507 e. The number of ketones is 1. The molecule has 1 spiro atoms. The minimum atomic E-state index is -1.34. The minimum Gasteiger partial charge on any atom is -0.507 e. The third-order valence-electron chi connectivity index (χ3n) is 14.2. The first-order valence-electron chi connectivity index (χ1n) is 20.6. The number of benzene rings is 5. The molecular formula is C49H52N2O8. The quantitative estimate of drug-likeness (QED) is 0.179. The van der Waals surface area contributed by atoms with Gasteiger partial charge in [-0.1, -0.05) is 12.1 Å². The summed E-state index contributed by atoms with van der Waals surface area (Å²) < 4.78 is 39.4. The van der Waals surface area contributed by atoms with E-state index in [1.807, 2.05) is 32.0 Å². The van der Waals surface area contributed by atoms with E-state index in [1.165, 1.54) is 0 Å². The number of phenols is 1. The number of aromatic hydroxyl groups is 1. The summed E-state index contributed by atoms with van der Waals surface area (Å²) in [4.78, 5) is 17.1. The van der Waals surface area contributed by atoms with Crippen molar-refractivity contribution in [1.82, 2.24) is 10.2 Å². The van der Waals surface area contributed by atoms with Crippen LogP contribution in [0, 0.1) is 6.92 Å². The molecule has 0 radical (unpaired) electrons. The molecule has 4 aliphatic heterocycles. The first-order valence-corrected chi connectivity index (χ1v) is 20.6. The van der Waals surface area contributed by atoms with Crippen molar-refractivity contribution < 1.29 is 38.3 Å². The zero-order chi connectivity index (χ0) is 41.6. The van der Waals surface area contributed by atoms with Gasteiger partial charge in [0, 0.05) is 69.7 Å². The van der Waals surface area contributed by atoms with Crippen LogP contribution in [0.4, 0.5) is 0 Å². The number of phenolic OH excluding ortho intramolecular Hbond substituents is 1. The predicted molar refractivity (Wildman–Crippen MR) is 227 cm³/mol. The van der Waals surface area contributed by atoms with Crippen molar-refractivity contribution in [2.24, 2.45) is 0 Å². The molecule has 4 heterocycles. The van der Waals surface area contributed by atoms with Gasteiger partial charge in [0.05, 0.1) is 45.8 Å². The number of likely N-dealkylation sites (N-methyl/N-ethyl adjacent to an activating group) is 1. The maximum atomic E-state index is 14.8. The third kappa shape index (κ3) is 4.78. The fraction of sp³-hybridized carbons (Fsp3) is 0.408. The minimum absolute atomic E-state index is 0.0243. The van der Waals surface area contributed by atoms with Crippen LogP contribution < -0.4 is 33.7 Å². The van der Waals surface area contributed by atoms with Crippen molar-refractivity contribution in [3.8, 4) is 62.5 Å². The molecule has 0 saturated heterocycles. The number of nitrogens with zero attached hydrogens (tertiary/aromatic N) is 1. The van der Waals surface area contributed by atoms with Crippen LogP contribution in [0.5, 0.6) is 40.2 Å². The van der Waals surface area contributed by atoms with Gasteiger partial charge in [-0.3, -0.25) is 9.69 Å². The smallest absolute Gasteiger partial charge is 0.203 e. The molecule has 0 aromatic heterocycles. The highest BCUT2D eigenvalue weighted by Gasteiger charge is 2.68. The van der Waals surface area contributed by atoms with Gasteiger partial charge < -0.3 is 38.8 Å². The van der Waals surface area contributed by atoms with Crippen molar-refractivity contribution >= 4 is 16.6 Å². The van der Waals surface area contributed by atoms with E-state index in [0.29, 0.717) is 40.7 Å². The second-order valence-electron chi connectivity index (χ2n) is 17.6. The number of hydrogen-bond acceptors (Lipinski definition) is 10. The van der Waals surface area contributed by atoms with Gasteiger partial charge in [-0.25, -0.2) is 0 Å². The number of Topliss-reactive ketones (excluding diaryl/α,β-unsaturated/α-hetero) is 1. The van der Waals surface area contributed by atoms with Gasteiger partial charge in [0.15, 0.2) is 11.4 Å². The highest BCUT2D eigenvalue weighted by Crippen LogP contribution is 2.68. The lowest BCUT2D eigenvalue weighted by atomic mass is 9.62. The van der Waals surface area contributed by atoms with Gasteiger partial charge in [0.25, 0.3) is 0 Å². The van der Waals surface area contributed by atoms with Crippen LogP contribution >= 0.6 is 0 Å². The van der Waals surface area contributed by atoms with E-state index in [2.05, 4.69) is 63.2 Å². The van der Waals surface area contributed by atoms with E-state index in [-0.39, 0.29) is 42.1 Å². The molecule has 5 aromatic rings. The zero-order valence-corrected chi connectivity index (χ0v) is 35.7. The number of aryl methyl sites for hydroxylation is 1. The number of ether oxygens (including phenoxy) is 6. The number of rotatable bonds is 5. The van der Waals surface area contributed by atoms with Gasteiger partial charge in [0.2, 0.25) is 5.60 Å². The van der Waals surface area contributed by atoms with Crippen LogP contribution in [0.2, 0.25) is 0 Å². The average Bonchev–Trinajstić information content (AvgIpc) is 3.44. The summed E-state index contributed by atoms with van der Waals surface area (Å²) in [6, 6.07) is 14.5. The highest BCUT2D eigenvalue weighted by atomic mass is 16.6. The topological polar surface area (TPSA) is 108 Å². The molecule has 10 heteroatoms. The van der Waals surface area contributed by atoms with E-state index < -0.39 is 11.2 Å². The van der Waals surface area contributed by atoms with Crippen molar-refractivity contribution in [3.05, 3.63) is 87.0 Å². The van der Waals surface area contributed by atoms with Crippen molar-refractivity contribution in [2.75, 3.05) is 35.5 Å². The van der Waals surface area contributed by atoms with Gasteiger partial charge >= 0.3 is 0 Å². The Balaban J connectivity index is 1.37. The summed E-state index contributed by atoms with van der Waals surface area (Å²) in [7, 11) is 8.78. The Morgan fingerprint density at radius 3 is 2.20 bits per heavy atom. The Kier molecular flexibility index (Phi) is 8.18. The molecule has 5 aromatic carbocycles. The predicted octanol–water partition coefficient (Wildman–Crippen LogP) is 9.13. The average molecular weight is 797 g/mol. The Labute approximate surface area is 345 Å². The van der Waals surface area contributed by atoms with Crippen molar-refractivity contribution in [3.63, 3.8) is 0 Å². The van der Waals surface area contributed by atoms with Crippen LogP contribution in [0.3, 0.4) is 0 Å². The SMILES string of the molecule is COc1ccc2c3c1C(=O)C[C@]1(C)Oc4c(cc(-c5c(O)cc(OC)c6c5C[C@H](C)N(C)[C@@H]6C)c5cc(C)cc(OC)c45)[C@]31Oc1cc(OC)c3c(c1-2)C[C@@H](C)N[C@H]3C. The molecule has 0 amide bonds. The standard InChI is InChI=1S/C49H52N2O8/c1-22-14-28-29(42-31-17-24(3)51(7)26(5)41(31)37(56-10)19-33(42)52)18-32-47(44(28)36(15-22)55-9)59-48(6)21-34(53)45-35(54-8)13-12-27-43-30-16-23(2)50-25(4)40(30)38(57-11)20-39(43)58-49(32,48)46(27)45/h12-15,18-20,23-26,50,52H,16-17,21H2,1-11H3/t23-,24+,25+,26-,48+,49+/m1/s1. The molecule has 59 heavy (non-hydrogen) atoms. The van der Waals surface area contributed by atoms with Crippen LogP contribution in [0.25, 0.3) is 33.0 Å². The summed E-state index contributed by atoms with van der Waals surface area (Å²) >= 11 is 0.